The molecular weight excluding hydrogens is 246 g/mol. The molecule has 0 bridgehead atoms. The Kier molecular flexibility index (Phi) is 2.88. The lowest BCUT2D eigenvalue weighted by Gasteiger charge is -2.28. The monoisotopic (exact) mass is 272 g/mol. The highest BCUT2D eigenvalue weighted by atomic mass is 16.5. The molecule has 1 atom stereocenters. The molecule has 0 radical (unpaired) electrons. The Balaban J connectivity index is 2.09. The van der Waals surface area contributed by atoms with Gasteiger partial charge in [0.1, 0.15) is 6.10 Å². The lowest BCUT2D eigenvalue weighted by atomic mass is 10.0. The first-order chi connectivity index (χ1) is 12.0. The highest BCUT2D eigenvalue weighted by molar-refractivity contribution is 5.30. The van der Waals surface area contributed by atoms with Gasteiger partial charge in [0.15, 0.2) is 0 Å². The molecule has 1 fully saturated rings. The van der Waals surface area contributed by atoms with E-state index < -0.39 is 6.10 Å². The molecule has 20 heavy (non-hydrogen) atoms. The predicted molar refractivity (Wildman–Crippen MR) is 81.7 cm³/mol. The van der Waals surface area contributed by atoms with E-state index in [2.05, 4.69) is 5.32 Å². The minimum Gasteiger partial charge on any atom is -0.365 e. The quantitative estimate of drug-likeness (QED) is 0.919. The fourth-order valence-electron chi connectivity index (χ4n) is 2.46. The van der Waals surface area contributed by atoms with Gasteiger partial charge >= 0.3 is 0 Å². The Morgan fingerprint density at radius 3 is 2.40 bits per heavy atom. The summed E-state index contributed by atoms with van der Waals surface area (Å²) >= 11 is 0. The van der Waals surface area contributed by atoms with Crippen LogP contribution in [-0.4, -0.2) is 19.2 Å². The summed E-state index contributed by atoms with van der Waals surface area (Å²) in [5.41, 5.74) is 0.996. The van der Waals surface area contributed by atoms with Crippen LogP contribution in [0.1, 0.15) is 36.9 Å². The van der Waals surface area contributed by atoms with Crippen molar-refractivity contribution in [1.82, 2.24) is 5.32 Å². The first kappa shape index (κ1) is 8.60. The van der Waals surface area contributed by atoms with Crippen molar-refractivity contribution in [3.05, 3.63) is 71.7 Å². The van der Waals surface area contributed by atoms with E-state index in [1.807, 2.05) is 30.3 Å². The van der Waals surface area contributed by atoms with Gasteiger partial charge in [-0.2, -0.15) is 0 Å². The van der Waals surface area contributed by atoms with Crippen molar-refractivity contribution in [3.63, 3.8) is 0 Å². The van der Waals surface area contributed by atoms with E-state index in [9.17, 15) is 0 Å². The van der Waals surface area contributed by atoms with Gasteiger partial charge in [-0.1, -0.05) is 60.5 Å². The largest absolute Gasteiger partial charge is 0.365 e. The number of hydrogen-bond acceptors (Lipinski definition) is 2. The third-order valence-corrected chi connectivity index (χ3v) is 3.50. The summed E-state index contributed by atoms with van der Waals surface area (Å²) < 4.78 is 46.5. The molecule has 1 N–H and O–H groups in total. The van der Waals surface area contributed by atoms with E-state index in [1.165, 1.54) is 0 Å². The van der Waals surface area contributed by atoms with Gasteiger partial charge in [-0.15, -0.1) is 0 Å². The van der Waals surface area contributed by atoms with Crippen LogP contribution in [0.3, 0.4) is 0 Å². The summed E-state index contributed by atoms with van der Waals surface area (Å²) in [5.74, 6) is 0. The zero-order valence-corrected chi connectivity index (χ0v) is 11.3. The molecule has 1 saturated heterocycles. The van der Waals surface area contributed by atoms with Gasteiger partial charge in [-0.05, 0) is 37.1 Å². The molecule has 2 aromatic carbocycles. The maximum atomic E-state index is 8.27. The van der Waals surface area contributed by atoms with Gasteiger partial charge in [0.05, 0.1) is 13.0 Å². The molecule has 1 heterocycles. The fourth-order valence-corrected chi connectivity index (χ4v) is 2.46. The number of rotatable bonds is 4. The molecule has 104 valence electrons. The molecule has 0 aliphatic carbocycles. The Hall–Kier alpha value is -1.64. The molecule has 3 rings (SSSR count). The number of nitrogens with one attached hydrogen (secondary N) is 1. The standard InChI is InChI=1S/C18H21NO/c1-3-7-15(8-4-1)18(16-9-5-2-6-10-16)20-17-11-13-19-14-12-17/h1-10,17-19H,11-14H2/i1D,3D,4D,7D,8D. The average Bonchev–Trinajstić information content (AvgIpc) is 2.65. The number of piperidine rings is 1. The molecule has 2 heteroatoms. The second-order valence-electron chi connectivity index (χ2n) is 4.91. The summed E-state index contributed by atoms with van der Waals surface area (Å²) in [7, 11) is 0. The summed E-state index contributed by atoms with van der Waals surface area (Å²) in [6.07, 6.45) is 0.978. The first-order valence-corrected chi connectivity index (χ1v) is 6.98. The van der Waals surface area contributed by atoms with E-state index in [0.717, 1.165) is 31.5 Å². The Morgan fingerprint density at radius 1 is 1.00 bits per heavy atom. The second-order valence-corrected chi connectivity index (χ2v) is 4.91. The van der Waals surface area contributed by atoms with Crippen molar-refractivity contribution >= 4 is 0 Å². The SMILES string of the molecule is [2H]c1c([2H])c([2H])c(C(OC2CCNCC2)c2ccccc2)c([2H])c1[2H]. The van der Waals surface area contributed by atoms with Crippen molar-refractivity contribution in [1.29, 1.82) is 0 Å². The molecule has 0 spiro atoms. The molecule has 1 aliphatic rings. The Bertz CT molecular complexity index is 718. The van der Waals surface area contributed by atoms with Crippen LogP contribution in [0.25, 0.3) is 0 Å². The topological polar surface area (TPSA) is 21.3 Å². The predicted octanol–water partition coefficient (Wildman–Crippen LogP) is 3.54. The van der Waals surface area contributed by atoms with Gasteiger partial charge in [0.25, 0.3) is 0 Å². The Labute approximate surface area is 127 Å². The van der Waals surface area contributed by atoms with Crippen molar-refractivity contribution in [2.24, 2.45) is 0 Å². The molecular formula is C18H21NO. The number of benzene rings is 2. The Morgan fingerprint density at radius 2 is 1.70 bits per heavy atom. The van der Waals surface area contributed by atoms with E-state index in [0.29, 0.717) is 0 Å². The van der Waals surface area contributed by atoms with Gasteiger partial charge in [-0.25, -0.2) is 0 Å². The van der Waals surface area contributed by atoms with Crippen molar-refractivity contribution < 1.29 is 11.6 Å². The van der Waals surface area contributed by atoms with Crippen LogP contribution in [0.15, 0.2) is 60.5 Å². The van der Waals surface area contributed by atoms with Crippen LogP contribution in [0, 0.1) is 0 Å². The zero-order valence-electron chi connectivity index (χ0n) is 16.3. The van der Waals surface area contributed by atoms with Crippen LogP contribution in [-0.2, 0) is 4.74 Å². The lowest BCUT2D eigenvalue weighted by Crippen LogP contribution is -2.33. The van der Waals surface area contributed by atoms with Crippen LogP contribution >= 0.6 is 0 Å². The van der Waals surface area contributed by atoms with E-state index in [1.54, 1.807) is 0 Å². The first-order valence-electron chi connectivity index (χ1n) is 9.48. The molecule has 1 unspecified atom stereocenters. The van der Waals surface area contributed by atoms with Gasteiger partial charge in [0.2, 0.25) is 0 Å². The van der Waals surface area contributed by atoms with Crippen LogP contribution in [0.2, 0.25) is 0 Å². The average molecular weight is 272 g/mol. The smallest absolute Gasteiger partial charge is 0.108 e. The van der Waals surface area contributed by atoms with Crippen molar-refractivity contribution in [2.45, 2.75) is 25.0 Å². The number of hydrogen-bond donors (Lipinski definition) is 1. The highest BCUT2D eigenvalue weighted by Crippen LogP contribution is 2.28. The summed E-state index contributed by atoms with van der Waals surface area (Å²) in [5, 5.41) is 3.28. The summed E-state index contributed by atoms with van der Waals surface area (Å²) in [6, 6.07) is 7.91. The summed E-state index contributed by atoms with van der Waals surface area (Å²) in [4.78, 5) is 0. The minimum absolute atomic E-state index is 0.00991. The van der Waals surface area contributed by atoms with Gasteiger partial charge in [-0.3, -0.25) is 0 Å². The highest BCUT2D eigenvalue weighted by Gasteiger charge is 2.21. The number of ether oxygens (including phenoxy) is 1. The van der Waals surface area contributed by atoms with E-state index in [4.69, 9.17) is 11.6 Å². The maximum absolute atomic E-state index is 8.27. The van der Waals surface area contributed by atoms with E-state index in [-0.39, 0.29) is 41.9 Å². The van der Waals surface area contributed by atoms with Crippen LogP contribution in [0.4, 0.5) is 0 Å². The molecule has 0 amide bonds. The molecule has 0 aromatic heterocycles. The van der Waals surface area contributed by atoms with Crippen molar-refractivity contribution in [3.8, 4) is 0 Å². The minimum atomic E-state index is -0.682. The third-order valence-electron chi connectivity index (χ3n) is 3.50. The molecule has 0 saturated carbocycles. The second kappa shape index (κ2) is 6.69. The summed E-state index contributed by atoms with van der Waals surface area (Å²) in [6.45, 7) is 1.71. The maximum Gasteiger partial charge on any atom is 0.108 e. The van der Waals surface area contributed by atoms with E-state index >= 15 is 0 Å². The van der Waals surface area contributed by atoms with Crippen LogP contribution < -0.4 is 5.32 Å². The normalized spacial score (nSPS) is 21.3. The molecule has 2 nitrogen and oxygen atoms in total. The fraction of sp³-hybridized carbons (Fsp3) is 0.333. The zero-order chi connectivity index (χ0) is 18.0. The van der Waals surface area contributed by atoms with Crippen molar-refractivity contribution in [2.75, 3.05) is 13.1 Å². The lowest BCUT2D eigenvalue weighted by molar-refractivity contribution is -0.00805. The molecule has 2 aromatic rings. The van der Waals surface area contributed by atoms with Gasteiger partial charge in [0, 0.05) is 0 Å². The molecule has 1 aliphatic heterocycles. The van der Waals surface area contributed by atoms with Gasteiger partial charge < -0.3 is 10.1 Å². The van der Waals surface area contributed by atoms with Crippen LogP contribution in [0.5, 0.6) is 0 Å². The third kappa shape index (κ3) is 3.27.